The molecular weight excluding hydrogens is 294 g/mol. The molecular formula is C18H21NO4. The number of amides is 1. The molecule has 5 nitrogen and oxygen atoms in total. The summed E-state index contributed by atoms with van der Waals surface area (Å²) in [5.41, 5.74) is 2.68. The Hall–Kier alpha value is -2.43. The third kappa shape index (κ3) is 2.56. The van der Waals surface area contributed by atoms with Gasteiger partial charge in [-0.05, 0) is 56.5 Å². The number of aromatic hydroxyl groups is 1. The minimum absolute atomic E-state index is 0.0236. The van der Waals surface area contributed by atoms with Crippen LogP contribution in [0.3, 0.4) is 0 Å². The molecule has 0 bridgehead atoms. The van der Waals surface area contributed by atoms with E-state index in [0.717, 1.165) is 16.9 Å². The van der Waals surface area contributed by atoms with E-state index >= 15 is 0 Å². The zero-order chi connectivity index (χ0) is 16.7. The fourth-order valence-corrected chi connectivity index (χ4v) is 3.27. The summed E-state index contributed by atoms with van der Waals surface area (Å²) in [4.78, 5) is 14.7. The van der Waals surface area contributed by atoms with Crippen LogP contribution < -0.4 is 4.74 Å². The van der Waals surface area contributed by atoms with Gasteiger partial charge in [0.2, 0.25) is 0 Å². The van der Waals surface area contributed by atoms with E-state index in [9.17, 15) is 9.90 Å². The number of phenols is 1. The molecule has 23 heavy (non-hydrogen) atoms. The Bertz CT molecular complexity index is 763. The van der Waals surface area contributed by atoms with E-state index in [2.05, 4.69) is 0 Å². The standard InChI is InChI=1S/C18H21NO4/c1-10-7-15(12(3)23-10)18(21)19-6-5-13-8-16(20)17(22-4)9-14(13)11(19)2/h7-9,11,20H,5-6H2,1-4H3/t11-/m1/s1. The summed E-state index contributed by atoms with van der Waals surface area (Å²) in [6.45, 7) is 6.26. The van der Waals surface area contributed by atoms with Crippen LogP contribution >= 0.6 is 0 Å². The molecule has 0 fully saturated rings. The van der Waals surface area contributed by atoms with Gasteiger partial charge in [-0.15, -0.1) is 0 Å². The highest BCUT2D eigenvalue weighted by molar-refractivity contribution is 5.95. The highest BCUT2D eigenvalue weighted by Gasteiger charge is 2.31. The number of carbonyl (C=O) groups is 1. The van der Waals surface area contributed by atoms with Crippen molar-refractivity contribution in [2.24, 2.45) is 0 Å². The van der Waals surface area contributed by atoms with Crippen molar-refractivity contribution >= 4 is 5.91 Å². The van der Waals surface area contributed by atoms with Gasteiger partial charge in [0.25, 0.3) is 5.91 Å². The van der Waals surface area contributed by atoms with Crippen LogP contribution in [0.15, 0.2) is 22.6 Å². The highest BCUT2D eigenvalue weighted by atomic mass is 16.5. The molecule has 1 aliphatic rings. The highest BCUT2D eigenvalue weighted by Crippen LogP contribution is 2.38. The largest absolute Gasteiger partial charge is 0.504 e. The number of carbonyl (C=O) groups excluding carboxylic acids is 1. The Morgan fingerprint density at radius 2 is 2.09 bits per heavy atom. The molecule has 0 saturated heterocycles. The van der Waals surface area contributed by atoms with Gasteiger partial charge >= 0.3 is 0 Å². The molecule has 1 aromatic carbocycles. The van der Waals surface area contributed by atoms with Gasteiger partial charge in [0, 0.05) is 6.54 Å². The number of methoxy groups -OCH3 is 1. The zero-order valence-electron chi connectivity index (χ0n) is 13.8. The average molecular weight is 315 g/mol. The Morgan fingerprint density at radius 1 is 1.35 bits per heavy atom. The smallest absolute Gasteiger partial charge is 0.257 e. The van der Waals surface area contributed by atoms with E-state index in [1.54, 1.807) is 12.1 Å². The Labute approximate surface area is 135 Å². The molecule has 1 atom stereocenters. The van der Waals surface area contributed by atoms with Gasteiger partial charge in [-0.3, -0.25) is 4.79 Å². The second-order valence-corrected chi connectivity index (χ2v) is 5.97. The first kappa shape index (κ1) is 15.5. The van der Waals surface area contributed by atoms with Gasteiger partial charge in [0.15, 0.2) is 11.5 Å². The van der Waals surface area contributed by atoms with E-state index in [4.69, 9.17) is 9.15 Å². The van der Waals surface area contributed by atoms with Crippen LogP contribution in [0, 0.1) is 13.8 Å². The first-order valence-corrected chi connectivity index (χ1v) is 7.70. The lowest BCUT2D eigenvalue weighted by atomic mass is 9.92. The second-order valence-electron chi connectivity index (χ2n) is 5.97. The van der Waals surface area contributed by atoms with Crippen LogP contribution in [0.2, 0.25) is 0 Å². The predicted molar refractivity (Wildman–Crippen MR) is 86.0 cm³/mol. The number of hydrogen-bond acceptors (Lipinski definition) is 4. The molecule has 0 aliphatic carbocycles. The number of rotatable bonds is 2. The molecule has 1 amide bonds. The van der Waals surface area contributed by atoms with E-state index in [1.807, 2.05) is 31.7 Å². The number of benzene rings is 1. The van der Waals surface area contributed by atoms with Crippen LogP contribution in [0.1, 0.15) is 46.0 Å². The monoisotopic (exact) mass is 315 g/mol. The van der Waals surface area contributed by atoms with Crippen molar-refractivity contribution in [1.82, 2.24) is 4.90 Å². The van der Waals surface area contributed by atoms with Gasteiger partial charge in [-0.1, -0.05) is 0 Å². The Kier molecular flexibility index (Phi) is 3.80. The number of nitrogens with zero attached hydrogens (tertiary/aromatic N) is 1. The number of phenolic OH excluding ortho intramolecular Hbond substituents is 1. The quantitative estimate of drug-likeness (QED) is 0.923. The number of fused-ring (bicyclic) bond motifs is 1. The Balaban J connectivity index is 1.95. The van der Waals surface area contributed by atoms with Crippen molar-refractivity contribution in [1.29, 1.82) is 0 Å². The van der Waals surface area contributed by atoms with Crippen LogP contribution in [-0.2, 0) is 6.42 Å². The topological polar surface area (TPSA) is 62.9 Å². The number of aryl methyl sites for hydroxylation is 2. The van der Waals surface area contributed by atoms with Crippen LogP contribution in [0.5, 0.6) is 11.5 Å². The van der Waals surface area contributed by atoms with Crippen molar-refractivity contribution in [2.75, 3.05) is 13.7 Å². The van der Waals surface area contributed by atoms with E-state index in [-0.39, 0.29) is 17.7 Å². The van der Waals surface area contributed by atoms with Gasteiger partial charge in [-0.2, -0.15) is 0 Å². The summed E-state index contributed by atoms with van der Waals surface area (Å²) in [6.07, 6.45) is 0.707. The van der Waals surface area contributed by atoms with E-state index in [0.29, 0.717) is 30.0 Å². The predicted octanol–water partition coefficient (Wildman–Crippen LogP) is 3.37. The molecule has 122 valence electrons. The lowest BCUT2D eigenvalue weighted by Crippen LogP contribution is -2.39. The fraction of sp³-hybridized carbons (Fsp3) is 0.389. The normalized spacial score (nSPS) is 17.0. The fourth-order valence-electron chi connectivity index (χ4n) is 3.27. The molecule has 1 aliphatic heterocycles. The first-order valence-electron chi connectivity index (χ1n) is 7.70. The Morgan fingerprint density at radius 3 is 2.70 bits per heavy atom. The van der Waals surface area contributed by atoms with Crippen molar-refractivity contribution < 1.29 is 19.1 Å². The summed E-state index contributed by atoms with van der Waals surface area (Å²) < 4.78 is 10.7. The molecule has 2 heterocycles. The first-order chi connectivity index (χ1) is 10.9. The summed E-state index contributed by atoms with van der Waals surface area (Å²) in [5, 5.41) is 9.93. The summed E-state index contributed by atoms with van der Waals surface area (Å²) in [5.74, 6) is 1.93. The van der Waals surface area contributed by atoms with Crippen molar-refractivity contribution in [3.05, 3.63) is 46.4 Å². The number of hydrogen-bond donors (Lipinski definition) is 1. The second kappa shape index (κ2) is 5.65. The van der Waals surface area contributed by atoms with E-state index in [1.165, 1.54) is 7.11 Å². The molecule has 0 radical (unpaired) electrons. The van der Waals surface area contributed by atoms with Crippen LogP contribution in [0.4, 0.5) is 0 Å². The van der Waals surface area contributed by atoms with Gasteiger partial charge in [0.05, 0.1) is 18.7 Å². The van der Waals surface area contributed by atoms with E-state index < -0.39 is 0 Å². The van der Waals surface area contributed by atoms with Crippen molar-refractivity contribution in [2.45, 2.75) is 33.2 Å². The minimum atomic E-state index is -0.0876. The van der Waals surface area contributed by atoms with Crippen LogP contribution in [-0.4, -0.2) is 29.6 Å². The molecule has 0 saturated carbocycles. The molecule has 1 N–H and O–H groups in total. The lowest BCUT2D eigenvalue weighted by Gasteiger charge is -2.35. The molecule has 1 aromatic heterocycles. The van der Waals surface area contributed by atoms with Gasteiger partial charge in [0.1, 0.15) is 11.5 Å². The summed E-state index contributed by atoms with van der Waals surface area (Å²) in [7, 11) is 1.52. The number of ether oxygens (including phenoxy) is 1. The lowest BCUT2D eigenvalue weighted by molar-refractivity contribution is 0.0675. The molecule has 5 heteroatoms. The molecule has 2 aromatic rings. The van der Waals surface area contributed by atoms with Crippen LogP contribution in [0.25, 0.3) is 0 Å². The maximum atomic E-state index is 12.9. The van der Waals surface area contributed by atoms with Crippen molar-refractivity contribution in [3.8, 4) is 11.5 Å². The average Bonchev–Trinajstić information content (AvgIpc) is 2.85. The summed E-state index contributed by atoms with van der Waals surface area (Å²) >= 11 is 0. The minimum Gasteiger partial charge on any atom is -0.504 e. The number of furan rings is 1. The zero-order valence-corrected chi connectivity index (χ0v) is 13.8. The third-order valence-corrected chi connectivity index (χ3v) is 4.51. The SMILES string of the molecule is COc1cc2c(cc1O)CCN(C(=O)c1cc(C)oc1C)[C@@H]2C. The maximum Gasteiger partial charge on any atom is 0.257 e. The molecule has 0 spiro atoms. The summed E-state index contributed by atoms with van der Waals surface area (Å²) in [6, 6.07) is 5.26. The van der Waals surface area contributed by atoms with Crippen molar-refractivity contribution in [3.63, 3.8) is 0 Å². The van der Waals surface area contributed by atoms with Gasteiger partial charge in [-0.25, -0.2) is 0 Å². The third-order valence-electron chi connectivity index (χ3n) is 4.51. The molecule has 3 rings (SSSR count). The molecule has 0 unspecified atom stereocenters. The maximum absolute atomic E-state index is 12.9. The van der Waals surface area contributed by atoms with Gasteiger partial charge < -0.3 is 19.2 Å².